The minimum atomic E-state index is -4.41. The van der Waals surface area contributed by atoms with Crippen LogP contribution < -0.4 is 0 Å². The second kappa shape index (κ2) is 7.43. The summed E-state index contributed by atoms with van der Waals surface area (Å²) >= 11 is 0. The van der Waals surface area contributed by atoms with Crippen LogP contribution >= 0.6 is 0 Å². The maximum atomic E-state index is 12.5. The Bertz CT molecular complexity index is 914. The lowest BCUT2D eigenvalue weighted by atomic mass is 10.1. The van der Waals surface area contributed by atoms with E-state index in [0.29, 0.717) is 5.56 Å². The van der Waals surface area contributed by atoms with Gasteiger partial charge in [0.25, 0.3) is 0 Å². The van der Waals surface area contributed by atoms with E-state index in [-0.39, 0.29) is 10.5 Å². The van der Waals surface area contributed by atoms with Crippen LogP contribution in [0.2, 0.25) is 0 Å². The van der Waals surface area contributed by atoms with E-state index in [1.54, 1.807) is 0 Å². The first kappa shape index (κ1) is 19.9. The van der Waals surface area contributed by atoms with Crippen LogP contribution in [0.3, 0.4) is 0 Å². The Balaban J connectivity index is 2.14. The molecule has 0 N–H and O–H groups in total. The van der Waals surface area contributed by atoms with Gasteiger partial charge in [-0.15, -0.1) is 0 Å². The van der Waals surface area contributed by atoms with Gasteiger partial charge in [-0.3, -0.25) is 4.79 Å². The first-order chi connectivity index (χ1) is 12.0. The van der Waals surface area contributed by atoms with Crippen molar-refractivity contribution >= 4 is 21.9 Å². The summed E-state index contributed by atoms with van der Waals surface area (Å²) in [6, 6.07) is 9.82. The monoisotopic (exact) mass is 383 g/mol. The third kappa shape index (κ3) is 4.59. The molecular weight excluding hydrogens is 367 g/mol. The summed E-state index contributed by atoms with van der Waals surface area (Å²) in [6.45, 7) is 0. The predicted octanol–water partition coefficient (Wildman–Crippen LogP) is 3.85. The largest absolute Gasteiger partial charge is 0.416 e. The van der Waals surface area contributed by atoms with Crippen LogP contribution in [0.1, 0.15) is 21.5 Å². The zero-order chi connectivity index (χ0) is 19.5. The molecule has 138 valence electrons. The average Bonchev–Trinajstić information content (AvgIpc) is 2.59. The number of carbonyl (C=O) groups is 1. The van der Waals surface area contributed by atoms with Gasteiger partial charge in [0.1, 0.15) is 0 Å². The molecule has 0 aromatic heterocycles. The SMILES string of the molecule is CN(C)S(=O)(=O)c1ccc(C(=O)/C=C/c2ccc(C(F)(F)F)cc2)cc1. The molecule has 0 bridgehead atoms. The van der Waals surface area contributed by atoms with Gasteiger partial charge in [0.05, 0.1) is 10.5 Å². The number of sulfonamides is 1. The number of hydrogen-bond donors (Lipinski definition) is 0. The van der Waals surface area contributed by atoms with Gasteiger partial charge in [-0.1, -0.05) is 18.2 Å². The lowest BCUT2D eigenvalue weighted by molar-refractivity contribution is -0.137. The normalized spacial score (nSPS) is 12.7. The van der Waals surface area contributed by atoms with E-state index in [9.17, 15) is 26.4 Å². The molecule has 8 heteroatoms. The van der Waals surface area contributed by atoms with Crippen LogP contribution in [-0.4, -0.2) is 32.6 Å². The van der Waals surface area contributed by atoms with Gasteiger partial charge in [0, 0.05) is 19.7 Å². The van der Waals surface area contributed by atoms with Gasteiger partial charge in [0.15, 0.2) is 5.78 Å². The Morgan fingerprint density at radius 2 is 1.50 bits per heavy atom. The van der Waals surface area contributed by atoms with Crippen LogP contribution in [0.4, 0.5) is 13.2 Å². The van der Waals surface area contributed by atoms with E-state index in [1.807, 2.05) is 0 Å². The summed E-state index contributed by atoms with van der Waals surface area (Å²) in [7, 11) is -0.771. The van der Waals surface area contributed by atoms with E-state index in [0.717, 1.165) is 16.4 Å². The minimum Gasteiger partial charge on any atom is -0.289 e. The molecule has 0 unspecified atom stereocenters. The van der Waals surface area contributed by atoms with Gasteiger partial charge in [-0.05, 0) is 48.0 Å². The second-order valence-electron chi connectivity index (χ2n) is 5.63. The second-order valence-corrected chi connectivity index (χ2v) is 7.78. The third-order valence-corrected chi connectivity index (χ3v) is 5.41. The van der Waals surface area contributed by atoms with Crippen molar-refractivity contribution in [3.05, 3.63) is 71.3 Å². The molecular formula is C18H16F3NO3S. The van der Waals surface area contributed by atoms with E-state index in [2.05, 4.69) is 0 Å². The Morgan fingerprint density at radius 3 is 1.96 bits per heavy atom. The number of benzene rings is 2. The fraction of sp³-hybridized carbons (Fsp3) is 0.167. The van der Waals surface area contributed by atoms with E-state index >= 15 is 0 Å². The summed E-state index contributed by atoms with van der Waals surface area (Å²) in [5.41, 5.74) is -0.0531. The van der Waals surface area contributed by atoms with Gasteiger partial charge < -0.3 is 0 Å². The van der Waals surface area contributed by atoms with Crippen molar-refractivity contribution in [1.29, 1.82) is 0 Å². The molecule has 0 aliphatic rings. The molecule has 2 aromatic carbocycles. The number of carbonyl (C=O) groups excluding carboxylic acids is 1. The molecule has 0 saturated heterocycles. The molecule has 0 atom stereocenters. The van der Waals surface area contributed by atoms with E-state index in [1.165, 1.54) is 62.6 Å². The molecule has 0 spiro atoms. The maximum absolute atomic E-state index is 12.5. The first-order valence-corrected chi connectivity index (χ1v) is 8.88. The van der Waals surface area contributed by atoms with E-state index < -0.39 is 27.5 Å². The smallest absolute Gasteiger partial charge is 0.289 e. The summed E-state index contributed by atoms with van der Waals surface area (Å²) in [5, 5.41) is 0. The fourth-order valence-electron chi connectivity index (χ4n) is 2.05. The van der Waals surface area contributed by atoms with Crippen LogP contribution in [0, 0.1) is 0 Å². The summed E-state index contributed by atoms with van der Waals surface area (Å²) in [5.74, 6) is -0.390. The minimum absolute atomic E-state index is 0.0609. The van der Waals surface area contributed by atoms with Gasteiger partial charge in [-0.25, -0.2) is 12.7 Å². The first-order valence-electron chi connectivity index (χ1n) is 7.44. The standard InChI is InChI=1S/C18H16F3NO3S/c1-22(2)26(24,25)16-10-6-14(7-11-16)17(23)12-5-13-3-8-15(9-4-13)18(19,20)21/h3-12H,1-2H3/b12-5+. The highest BCUT2D eigenvalue weighted by Gasteiger charge is 2.29. The lowest BCUT2D eigenvalue weighted by Crippen LogP contribution is -2.22. The molecule has 0 radical (unpaired) electrons. The predicted molar refractivity (Wildman–Crippen MR) is 92.1 cm³/mol. The van der Waals surface area contributed by atoms with Crippen molar-refractivity contribution in [3.8, 4) is 0 Å². The molecule has 26 heavy (non-hydrogen) atoms. The summed E-state index contributed by atoms with van der Waals surface area (Å²) in [4.78, 5) is 12.2. The molecule has 0 aliphatic heterocycles. The van der Waals surface area contributed by atoms with Gasteiger partial charge >= 0.3 is 6.18 Å². The van der Waals surface area contributed by atoms with Crippen molar-refractivity contribution in [1.82, 2.24) is 4.31 Å². The maximum Gasteiger partial charge on any atom is 0.416 e. The topological polar surface area (TPSA) is 54.5 Å². The van der Waals surface area contributed by atoms with Gasteiger partial charge in [-0.2, -0.15) is 13.2 Å². The van der Waals surface area contributed by atoms with Gasteiger partial charge in [0.2, 0.25) is 10.0 Å². The molecule has 0 heterocycles. The quantitative estimate of drug-likeness (QED) is 0.582. The Morgan fingerprint density at radius 1 is 0.962 bits per heavy atom. The van der Waals surface area contributed by atoms with Crippen molar-refractivity contribution < 1.29 is 26.4 Å². The number of ketones is 1. The molecule has 2 aromatic rings. The van der Waals surface area contributed by atoms with Crippen molar-refractivity contribution in [3.63, 3.8) is 0 Å². The lowest BCUT2D eigenvalue weighted by Gasteiger charge is -2.11. The highest BCUT2D eigenvalue weighted by molar-refractivity contribution is 7.89. The van der Waals surface area contributed by atoms with Crippen LogP contribution in [-0.2, 0) is 16.2 Å². The summed E-state index contributed by atoms with van der Waals surface area (Å²) < 4.78 is 62.5. The van der Waals surface area contributed by atoms with Crippen molar-refractivity contribution in [2.75, 3.05) is 14.1 Å². The molecule has 0 amide bonds. The average molecular weight is 383 g/mol. The third-order valence-electron chi connectivity index (χ3n) is 3.58. The van der Waals surface area contributed by atoms with Crippen molar-refractivity contribution in [2.24, 2.45) is 0 Å². The fourth-order valence-corrected chi connectivity index (χ4v) is 2.95. The summed E-state index contributed by atoms with van der Waals surface area (Å²) in [6.07, 6.45) is -1.79. The molecule has 0 aliphatic carbocycles. The zero-order valence-electron chi connectivity index (χ0n) is 14.0. The number of nitrogens with zero attached hydrogens (tertiary/aromatic N) is 1. The highest BCUT2D eigenvalue weighted by atomic mass is 32.2. The molecule has 0 saturated carbocycles. The number of hydrogen-bond acceptors (Lipinski definition) is 3. The molecule has 2 rings (SSSR count). The van der Waals surface area contributed by atoms with Crippen LogP contribution in [0.25, 0.3) is 6.08 Å². The highest BCUT2D eigenvalue weighted by Crippen LogP contribution is 2.29. The van der Waals surface area contributed by atoms with E-state index in [4.69, 9.17) is 0 Å². The number of allylic oxidation sites excluding steroid dienone is 1. The number of rotatable bonds is 5. The van der Waals surface area contributed by atoms with Crippen molar-refractivity contribution in [2.45, 2.75) is 11.1 Å². The Kier molecular flexibility index (Phi) is 5.68. The van der Waals surface area contributed by atoms with Crippen LogP contribution in [0.5, 0.6) is 0 Å². The molecule has 4 nitrogen and oxygen atoms in total. The Labute approximate surface area is 149 Å². The van der Waals surface area contributed by atoms with Crippen LogP contribution in [0.15, 0.2) is 59.5 Å². The number of alkyl halides is 3. The Hall–Kier alpha value is -2.45. The number of halogens is 3. The zero-order valence-corrected chi connectivity index (χ0v) is 14.8. The molecule has 0 fully saturated rings.